The number of hydrogen-bond acceptors (Lipinski definition) is 5. The summed E-state index contributed by atoms with van der Waals surface area (Å²) >= 11 is 1.47. The first-order valence-electron chi connectivity index (χ1n) is 7.01. The Morgan fingerprint density at radius 3 is 3.15 bits per heavy atom. The van der Waals surface area contributed by atoms with Crippen LogP contribution in [-0.4, -0.2) is 52.9 Å². The van der Waals surface area contributed by atoms with Crippen LogP contribution in [0.5, 0.6) is 0 Å². The number of β-amino-alcohol motifs (C(OH)–C–C–N with tert-alkyl or cyclic N) is 1. The minimum atomic E-state index is -0.480. The second-order valence-corrected chi connectivity index (χ2v) is 6.63. The average molecular weight is 295 g/mol. The summed E-state index contributed by atoms with van der Waals surface area (Å²) in [7, 11) is 0. The molecule has 0 bridgehead atoms. The van der Waals surface area contributed by atoms with E-state index in [-0.39, 0.29) is 18.0 Å². The van der Waals surface area contributed by atoms with Crippen molar-refractivity contribution in [1.82, 2.24) is 9.88 Å². The van der Waals surface area contributed by atoms with Gasteiger partial charge in [0.05, 0.1) is 31.1 Å². The number of fused-ring (bicyclic) bond motifs is 1. The number of urea groups is 1. The third-order valence-electron chi connectivity index (χ3n) is 4.36. The Hall–Kier alpha value is -1.18. The van der Waals surface area contributed by atoms with E-state index in [1.807, 2.05) is 5.38 Å². The zero-order chi connectivity index (χ0) is 13.7. The summed E-state index contributed by atoms with van der Waals surface area (Å²) in [5.74, 6) is 0.650. The van der Waals surface area contributed by atoms with E-state index in [0.717, 1.165) is 5.69 Å². The van der Waals surface area contributed by atoms with E-state index in [9.17, 15) is 9.90 Å². The number of aliphatic hydroxyl groups is 1. The Balaban J connectivity index is 1.44. The summed E-state index contributed by atoms with van der Waals surface area (Å²) in [5, 5.41) is 15.5. The molecule has 0 unspecified atom stereocenters. The lowest BCUT2D eigenvalue weighted by Crippen LogP contribution is -2.40. The number of carbonyl (C=O) groups excluding carboxylic acids is 1. The summed E-state index contributed by atoms with van der Waals surface area (Å²) in [4.78, 5) is 18.4. The fourth-order valence-corrected chi connectivity index (χ4v) is 3.81. The van der Waals surface area contributed by atoms with Crippen molar-refractivity contribution in [3.63, 3.8) is 0 Å². The molecule has 3 heterocycles. The monoisotopic (exact) mass is 295 g/mol. The molecule has 2 aliphatic heterocycles. The van der Waals surface area contributed by atoms with Crippen LogP contribution < -0.4 is 5.32 Å². The van der Waals surface area contributed by atoms with Gasteiger partial charge >= 0.3 is 6.03 Å². The number of hydrogen-bond donors (Lipinski definition) is 2. The molecule has 1 aromatic rings. The second kappa shape index (κ2) is 4.68. The number of aromatic nitrogens is 1. The molecule has 7 heteroatoms. The van der Waals surface area contributed by atoms with Crippen molar-refractivity contribution < 1.29 is 14.6 Å². The molecular weight excluding hydrogens is 278 g/mol. The number of amides is 2. The molecule has 0 radical (unpaired) electrons. The molecule has 2 saturated heterocycles. The van der Waals surface area contributed by atoms with Gasteiger partial charge in [0.15, 0.2) is 5.13 Å². The number of anilines is 1. The van der Waals surface area contributed by atoms with E-state index >= 15 is 0 Å². The first kappa shape index (κ1) is 12.6. The van der Waals surface area contributed by atoms with Gasteiger partial charge in [0.2, 0.25) is 0 Å². The molecule has 6 nitrogen and oxygen atoms in total. The van der Waals surface area contributed by atoms with Crippen molar-refractivity contribution in [3.8, 4) is 0 Å². The van der Waals surface area contributed by atoms with Crippen molar-refractivity contribution in [2.75, 3.05) is 25.1 Å². The largest absolute Gasteiger partial charge is 0.391 e. The number of ether oxygens (including phenoxy) is 1. The van der Waals surface area contributed by atoms with Gasteiger partial charge in [0.25, 0.3) is 0 Å². The van der Waals surface area contributed by atoms with Crippen LogP contribution in [-0.2, 0) is 4.74 Å². The smallest absolute Gasteiger partial charge is 0.324 e. The molecule has 0 spiro atoms. The van der Waals surface area contributed by atoms with Crippen LogP contribution in [0.4, 0.5) is 9.93 Å². The maximum Gasteiger partial charge on any atom is 0.324 e. The Bertz CT molecular complexity index is 531. The highest BCUT2D eigenvalue weighted by Crippen LogP contribution is 2.41. The Morgan fingerprint density at radius 2 is 2.35 bits per heavy atom. The van der Waals surface area contributed by atoms with E-state index in [1.54, 1.807) is 4.90 Å². The Kier molecular flexibility index (Phi) is 2.94. The maximum absolute atomic E-state index is 12.3. The lowest BCUT2D eigenvalue weighted by molar-refractivity contribution is 0.0966. The topological polar surface area (TPSA) is 74.7 Å². The molecule has 3 aliphatic rings. The molecule has 20 heavy (non-hydrogen) atoms. The first-order valence-corrected chi connectivity index (χ1v) is 7.89. The molecular formula is C13H17N3O3S. The standard InChI is InChI=1S/C13H17N3O3S/c17-11-3-16(10-5-19-4-8(10)11)13(18)15-12-14-9(6-20-12)7-1-2-7/h6-8,10-11,17H,1-5H2,(H,14,15,18)/t8-,10+,11-/m1/s1. The Morgan fingerprint density at radius 1 is 1.50 bits per heavy atom. The van der Waals surface area contributed by atoms with E-state index in [1.165, 1.54) is 24.2 Å². The highest BCUT2D eigenvalue weighted by Gasteiger charge is 2.46. The van der Waals surface area contributed by atoms with E-state index < -0.39 is 6.10 Å². The number of nitrogens with zero attached hydrogens (tertiary/aromatic N) is 2. The molecule has 1 aliphatic carbocycles. The summed E-state index contributed by atoms with van der Waals surface area (Å²) < 4.78 is 5.36. The van der Waals surface area contributed by atoms with Gasteiger partial charge in [0, 0.05) is 23.8 Å². The normalized spacial score (nSPS) is 32.5. The van der Waals surface area contributed by atoms with Gasteiger partial charge in [0.1, 0.15) is 0 Å². The van der Waals surface area contributed by atoms with Crippen LogP contribution in [0.1, 0.15) is 24.5 Å². The average Bonchev–Trinajstić information content (AvgIpc) is 2.87. The van der Waals surface area contributed by atoms with Crippen LogP contribution >= 0.6 is 11.3 Å². The van der Waals surface area contributed by atoms with E-state index in [4.69, 9.17) is 4.74 Å². The van der Waals surface area contributed by atoms with Gasteiger partial charge in [-0.05, 0) is 12.8 Å². The highest BCUT2D eigenvalue weighted by atomic mass is 32.1. The molecule has 108 valence electrons. The number of aliphatic hydroxyl groups excluding tert-OH is 1. The molecule has 2 N–H and O–H groups in total. The maximum atomic E-state index is 12.3. The minimum Gasteiger partial charge on any atom is -0.391 e. The predicted molar refractivity (Wildman–Crippen MR) is 73.9 cm³/mol. The highest BCUT2D eigenvalue weighted by molar-refractivity contribution is 7.13. The molecule has 4 rings (SSSR count). The molecule has 1 aromatic heterocycles. The Labute approximate surface area is 120 Å². The molecule has 0 aromatic carbocycles. The lowest BCUT2D eigenvalue weighted by atomic mass is 10.0. The van der Waals surface area contributed by atoms with Gasteiger partial charge in [-0.2, -0.15) is 0 Å². The third-order valence-corrected chi connectivity index (χ3v) is 5.14. The van der Waals surface area contributed by atoms with E-state index in [0.29, 0.717) is 30.8 Å². The van der Waals surface area contributed by atoms with Crippen LogP contribution in [0.25, 0.3) is 0 Å². The lowest BCUT2D eigenvalue weighted by Gasteiger charge is -2.21. The van der Waals surface area contributed by atoms with Crippen molar-refractivity contribution in [2.24, 2.45) is 5.92 Å². The summed E-state index contributed by atoms with van der Waals surface area (Å²) in [5.41, 5.74) is 1.09. The van der Waals surface area contributed by atoms with Crippen LogP contribution in [0.3, 0.4) is 0 Å². The van der Waals surface area contributed by atoms with Crippen molar-refractivity contribution in [3.05, 3.63) is 11.1 Å². The van der Waals surface area contributed by atoms with Crippen LogP contribution in [0, 0.1) is 5.92 Å². The number of rotatable bonds is 2. The number of carbonyl (C=O) groups is 1. The fourth-order valence-electron chi connectivity index (χ4n) is 3.03. The second-order valence-electron chi connectivity index (χ2n) is 5.77. The molecule has 3 fully saturated rings. The summed E-state index contributed by atoms with van der Waals surface area (Å²) in [6, 6.07) is -0.188. The van der Waals surface area contributed by atoms with Crippen LogP contribution in [0.15, 0.2) is 5.38 Å². The van der Waals surface area contributed by atoms with E-state index in [2.05, 4.69) is 10.3 Å². The van der Waals surface area contributed by atoms with Crippen molar-refractivity contribution >= 4 is 22.5 Å². The van der Waals surface area contributed by atoms with Gasteiger partial charge in [-0.3, -0.25) is 5.32 Å². The van der Waals surface area contributed by atoms with Crippen molar-refractivity contribution in [1.29, 1.82) is 0 Å². The van der Waals surface area contributed by atoms with Crippen LogP contribution in [0.2, 0.25) is 0 Å². The number of thiazole rings is 1. The quantitative estimate of drug-likeness (QED) is 0.861. The molecule has 2 amide bonds. The fraction of sp³-hybridized carbons (Fsp3) is 0.692. The summed E-state index contributed by atoms with van der Waals surface area (Å²) in [6.45, 7) is 1.43. The third kappa shape index (κ3) is 2.10. The van der Waals surface area contributed by atoms with Gasteiger partial charge in [-0.25, -0.2) is 9.78 Å². The van der Waals surface area contributed by atoms with Gasteiger partial charge < -0.3 is 14.7 Å². The SMILES string of the molecule is O=C(Nc1nc(C2CC2)cs1)N1C[C@@H](O)[C@@H]2COC[C@@H]21. The first-order chi connectivity index (χ1) is 9.72. The predicted octanol–water partition coefficient (Wildman–Crippen LogP) is 1.24. The minimum absolute atomic E-state index is 0.00661. The molecule has 3 atom stereocenters. The summed E-state index contributed by atoms with van der Waals surface area (Å²) in [6.07, 6.45) is 1.93. The number of nitrogens with one attached hydrogen (secondary N) is 1. The van der Waals surface area contributed by atoms with Gasteiger partial charge in [-0.1, -0.05) is 0 Å². The van der Waals surface area contributed by atoms with Gasteiger partial charge in [-0.15, -0.1) is 11.3 Å². The van der Waals surface area contributed by atoms with Crippen molar-refractivity contribution in [2.45, 2.75) is 30.9 Å². The zero-order valence-electron chi connectivity index (χ0n) is 11.0. The number of likely N-dealkylation sites (tertiary alicyclic amines) is 1. The molecule has 1 saturated carbocycles. The zero-order valence-corrected chi connectivity index (χ0v) is 11.8.